The van der Waals surface area contributed by atoms with Crippen LogP contribution in [-0.2, 0) is 17.6 Å². The van der Waals surface area contributed by atoms with Gasteiger partial charge in [-0.05, 0) is 74.7 Å². The van der Waals surface area contributed by atoms with Crippen LogP contribution >= 0.6 is 35.3 Å². The molecule has 2 heterocycles. The maximum atomic E-state index is 12.7. The molecule has 164 valence electrons. The zero-order valence-corrected chi connectivity index (χ0v) is 20.1. The molecule has 1 fully saturated rings. The molecule has 0 spiro atoms. The standard InChI is InChI=1S/C22H25N3O3S3/c1-3-28-20(26)18-16-6-4-5-7-17(16)31-19(18)24-21(29)25-12-13-30-22(25)23-14-8-10-15(27-2)11-9-14/h8-11H,3-7,12-13H2,1-2H3,(H,24,29). The molecule has 6 nitrogen and oxygen atoms in total. The number of fused-ring (bicyclic) bond motifs is 1. The number of hydrogen-bond acceptors (Lipinski definition) is 7. The van der Waals surface area contributed by atoms with E-state index in [0.717, 1.165) is 65.1 Å². The number of carbonyl (C=O) groups is 1. The Morgan fingerprint density at radius 3 is 2.77 bits per heavy atom. The topological polar surface area (TPSA) is 63.2 Å². The summed E-state index contributed by atoms with van der Waals surface area (Å²) in [5, 5.41) is 5.54. The van der Waals surface area contributed by atoms with E-state index in [1.807, 2.05) is 36.1 Å². The quantitative estimate of drug-likeness (QED) is 0.468. The molecule has 1 N–H and O–H groups in total. The number of thioether (sulfide) groups is 1. The Bertz CT molecular complexity index is 1000. The van der Waals surface area contributed by atoms with Crippen molar-refractivity contribution in [3.05, 3.63) is 40.3 Å². The van der Waals surface area contributed by atoms with Crippen molar-refractivity contribution in [1.29, 1.82) is 0 Å². The highest BCUT2D eigenvalue weighted by Gasteiger charge is 2.29. The third-order valence-electron chi connectivity index (χ3n) is 5.19. The lowest BCUT2D eigenvalue weighted by Crippen LogP contribution is -2.35. The Hall–Kier alpha value is -2.10. The van der Waals surface area contributed by atoms with Gasteiger partial charge in [-0.25, -0.2) is 9.79 Å². The minimum Gasteiger partial charge on any atom is -0.497 e. The monoisotopic (exact) mass is 475 g/mol. The van der Waals surface area contributed by atoms with Gasteiger partial charge in [0.05, 0.1) is 25.0 Å². The minimum absolute atomic E-state index is 0.268. The number of hydrogen-bond donors (Lipinski definition) is 1. The van der Waals surface area contributed by atoms with E-state index in [9.17, 15) is 4.79 Å². The van der Waals surface area contributed by atoms with Gasteiger partial charge >= 0.3 is 5.97 Å². The third-order valence-corrected chi connectivity index (χ3v) is 7.68. The third kappa shape index (κ3) is 4.88. The molecule has 1 aromatic heterocycles. The average Bonchev–Trinajstić information content (AvgIpc) is 3.38. The number of ether oxygens (including phenoxy) is 2. The van der Waals surface area contributed by atoms with Gasteiger partial charge in [0.15, 0.2) is 10.3 Å². The Balaban J connectivity index is 1.56. The lowest BCUT2D eigenvalue weighted by atomic mass is 9.95. The number of amidine groups is 1. The summed E-state index contributed by atoms with van der Waals surface area (Å²) in [6, 6.07) is 7.63. The Morgan fingerprint density at radius 1 is 1.26 bits per heavy atom. The molecule has 9 heteroatoms. The molecule has 0 unspecified atom stereocenters. The van der Waals surface area contributed by atoms with E-state index in [0.29, 0.717) is 17.3 Å². The first-order valence-electron chi connectivity index (χ1n) is 10.4. The molecule has 0 amide bonds. The number of anilines is 1. The molecule has 31 heavy (non-hydrogen) atoms. The van der Waals surface area contributed by atoms with Crippen molar-refractivity contribution in [2.75, 3.05) is 31.3 Å². The van der Waals surface area contributed by atoms with Crippen molar-refractivity contribution < 1.29 is 14.3 Å². The highest BCUT2D eigenvalue weighted by Crippen LogP contribution is 2.39. The van der Waals surface area contributed by atoms with Crippen molar-refractivity contribution in [2.24, 2.45) is 4.99 Å². The van der Waals surface area contributed by atoms with Gasteiger partial charge in [0.2, 0.25) is 0 Å². The molecule has 2 aromatic rings. The molecule has 0 radical (unpaired) electrons. The second-order valence-electron chi connectivity index (χ2n) is 7.16. The van der Waals surface area contributed by atoms with Gasteiger partial charge in [-0.3, -0.25) is 4.90 Å². The molecular formula is C22H25N3O3S3. The molecule has 1 aliphatic heterocycles. The number of esters is 1. The number of thiophene rings is 1. The molecule has 4 rings (SSSR count). The summed E-state index contributed by atoms with van der Waals surface area (Å²) in [4.78, 5) is 20.7. The van der Waals surface area contributed by atoms with Crippen molar-refractivity contribution >= 4 is 62.3 Å². The summed E-state index contributed by atoms with van der Waals surface area (Å²) in [5.74, 6) is 1.43. The van der Waals surface area contributed by atoms with E-state index in [4.69, 9.17) is 26.7 Å². The number of aryl methyl sites for hydroxylation is 1. The second-order valence-corrected chi connectivity index (χ2v) is 9.71. The molecular weight excluding hydrogens is 450 g/mol. The maximum absolute atomic E-state index is 12.7. The van der Waals surface area contributed by atoms with Gasteiger partial charge in [-0.15, -0.1) is 11.3 Å². The van der Waals surface area contributed by atoms with Crippen LogP contribution in [0.2, 0.25) is 0 Å². The lowest BCUT2D eigenvalue weighted by Gasteiger charge is -2.20. The molecule has 0 atom stereocenters. The summed E-state index contributed by atoms with van der Waals surface area (Å²) < 4.78 is 10.6. The number of nitrogens with one attached hydrogen (secondary N) is 1. The van der Waals surface area contributed by atoms with Crippen molar-refractivity contribution in [2.45, 2.75) is 32.6 Å². The first kappa shape index (κ1) is 22.1. The number of carbonyl (C=O) groups excluding carboxylic acids is 1. The number of aliphatic imine (C=N–C) groups is 1. The zero-order valence-electron chi connectivity index (χ0n) is 17.6. The number of benzene rings is 1. The largest absolute Gasteiger partial charge is 0.497 e. The van der Waals surface area contributed by atoms with Crippen LogP contribution < -0.4 is 10.1 Å². The van der Waals surface area contributed by atoms with Crippen molar-refractivity contribution in [3.63, 3.8) is 0 Å². The van der Waals surface area contributed by atoms with Crippen LogP contribution in [0.4, 0.5) is 10.7 Å². The molecule has 1 aromatic carbocycles. The minimum atomic E-state index is -0.268. The Labute approximate surface area is 196 Å². The van der Waals surface area contributed by atoms with Gasteiger partial charge in [0.1, 0.15) is 10.8 Å². The van der Waals surface area contributed by atoms with Crippen LogP contribution in [-0.4, -0.2) is 47.2 Å². The van der Waals surface area contributed by atoms with Gasteiger partial charge < -0.3 is 14.8 Å². The van der Waals surface area contributed by atoms with E-state index in [1.54, 1.807) is 30.2 Å². The average molecular weight is 476 g/mol. The summed E-state index contributed by atoms with van der Waals surface area (Å²) in [6.45, 7) is 2.96. The van der Waals surface area contributed by atoms with Crippen molar-refractivity contribution in [3.8, 4) is 5.75 Å². The molecule has 2 aliphatic rings. The van der Waals surface area contributed by atoms with Crippen LogP contribution in [0.1, 0.15) is 40.6 Å². The van der Waals surface area contributed by atoms with E-state index < -0.39 is 0 Å². The smallest absolute Gasteiger partial charge is 0.341 e. The zero-order chi connectivity index (χ0) is 21.8. The summed E-state index contributed by atoms with van der Waals surface area (Å²) in [6.07, 6.45) is 4.17. The predicted molar refractivity (Wildman–Crippen MR) is 132 cm³/mol. The number of thiocarbonyl (C=S) groups is 1. The fourth-order valence-electron chi connectivity index (χ4n) is 3.69. The van der Waals surface area contributed by atoms with Gasteiger partial charge in [-0.1, -0.05) is 11.8 Å². The van der Waals surface area contributed by atoms with Crippen LogP contribution in [0.5, 0.6) is 5.75 Å². The van der Waals surface area contributed by atoms with E-state index in [1.165, 1.54) is 4.88 Å². The predicted octanol–water partition coefficient (Wildman–Crippen LogP) is 5.25. The van der Waals surface area contributed by atoms with Crippen molar-refractivity contribution in [1.82, 2.24) is 4.90 Å². The van der Waals surface area contributed by atoms with Crippen LogP contribution in [0.25, 0.3) is 0 Å². The van der Waals surface area contributed by atoms with E-state index in [2.05, 4.69) is 5.32 Å². The van der Waals surface area contributed by atoms with Gasteiger partial charge in [0.25, 0.3) is 0 Å². The maximum Gasteiger partial charge on any atom is 0.341 e. The number of methoxy groups -OCH3 is 1. The highest BCUT2D eigenvalue weighted by molar-refractivity contribution is 8.14. The normalized spacial score (nSPS) is 16.8. The van der Waals surface area contributed by atoms with Crippen LogP contribution in [0.3, 0.4) is 0 Å². The van der Waals surface area contributed by atoms with Crippen LogP contribution in [0, 0.1) is 0 Å². The van der Waals surface area contributed by atoms with Gasteiger partial charge in [0, 0.05) is 17.2 Å². The first-order valence-corrected chi connectivity index (χ1v) is 12.6. The summed E-state index contributed by atoms with van der Waals surface area (Å²) in [5.41, 5.74) is 2.63. The second kappa shape index (κ2) is 10.0. The fourth-order valence-corrected chi connectivity index (χ4v) is 6.33. The Kier molecular flexibility index (Phi) is 7.14. The molecule has 0 bridgehead atoms. The van der Waals surface area contributed by atoms with Crippen LogP contribution in [0.15, 0.2) is 29.3 Å². The Morgan fingerprint density at radius 2 is 2.03 bits per heavy atom. The SMILES string of the molecule is CCOC(=O)c1c(NC(=S)N2CCSC2=Nc2ccc(OC)cc2)sc2c1CCCC2. The molecule has 1 aliphatic carbocycles. The lowest BCUT2D eigenvalue weighted by molar-refractivity contribution is 0.0526. The fraction of sp³-hybridized carbons (Fsp3) is 0.409. The van der Waals surface area contributed by atoms with E-state index in [-0.39, 0.29) is 5.97 Å². The molecule has 0 saturated carbocycles. The number of nitrogens with zero attached hydrogens (tertiary/aromatic N) is 2. The van der Waals surface area contributed by atoms with Gasteiger partial charge in [-0.2, -0.15) is 0 Å². The summed E-state index contributed by atoms with van der Waals surface area (Å²) >= 11 is 9.03. The highest BCUT2D eigenvalue weighted by atomic mass is 32.2. The first-order chi connectivity index (χ1) is 15.1. The van der Waals surface area contributed by atoms with E-state index >= 15 is 0 Å². The summed E-state index contributed by atoms with van der Waals surface area (Å²) in [7, 11) is 1.65. The number of rotatable bonds is 5. The molecule has 1 saturated heterocycles.